The highest BCUT2D eigenvalue weighted by molar-refractivity contribution is 6.01. The molecule has 2 amide bonds. The lowest BCUT2D eigenvalue weighted by Crippen LogP contribution is -2.44. The predicted molar refractivity (Wildman–Crippen MR) is 144 cm³/mol. The van der Waals surface area contributed by atoms with Crippen LogP contribution in [0.25, 0.3) is 10.9 Å². The summed E-state index contributed by atoms with van der Waals surface area (Å²) in [7, 11) is 1.70. The molecular weight excluding hydrogens is 450 g/mol. The van der Waals surface area contributed by atoms with Gasteiger partial charge in [0.25, 0.3) is 0 Å². The smallest absolute Gasteiger partial charge is 0.317 e. The van der Waals surface area contributed by atoms with Crippen molar-refractivity contribution in [2.75, 3.05) is 26.7 Å². The molecule has 1 aliphatic rings. The number of methoxy groups -OCH3 is 1. The van der Waals surface area contributed by atoms with Gasteiger partial charge in [0, 0.05) is 49.3 Å². The van der Waals surface area contributed by atoms with Gasteiger partial charge in [0.05, 0.1) is 12.6 Å². The van der Waals surface area contributed by atoms with Crippen LogP contribution in [-0.2, 0) is 6.42 Å². The standard InChI is InChI=1S/C30H37N3O3/c1-4-6-14-31-30(35)33-15-12-22(13-16-33)23-18-25-24(17-21-10-8-7-9-11-21)26(28(34)5-2)20-32-27(25)19-29(23)36-3/h7-11,18-20,22H,4-6,12-17H2,1-3H3,(H,31,35). The van der Waals surface area contributed by atoms with E-state index in [0.29, 0.717) is 31.5 Å². The van der Waals surface area contributed by atoms with Crippen LogP contribution in [0.15, 0.2) is 48.7 Å². The number of piperidine rings is 1. The van der Waals surface area contributed by atoms with E-state index in [1.807, 2.05) is 36.1 Å². The molecule has 1 N–H and O–H groups in total. The van der Waals surface area contributed by atoms with Crippen LogP contribution in [0, 0.1) is 0 Å². The molecule has 0 bridgehead atoms. The summed E-state index contributed by atoms with van der Waals surface area (Å²) < 4.78 is 5.80. The molecule has 3 aromatic rings. The summed E-state index contributed by atoms with van der Waals surface area (Å²) in [5, 5.41) is 4.04. The third-order valence-corrected chi connectivity index (χ3v) is 7.20. The molecule has 1 aromatic heterocycles. The number of rotatable bonds is 9. The highest BCUT2D eigenvalue weighted by Gasteiger charge is 2.27. The summed E-state index contributed by atoms with van der Waals surface area (Å²) in [6, 6.07) is 14.5. The predicted octanol–water partition coefficient (Wildman–Crippen LogP) is 6.12. The monoisotopic (exact) mass is 487 g/mol. The quantitative estimate of drug-likeness (QED) is 0.292. The van der Waals surface area contributed by atoms with E-state index in [2.05, 4.69) is 35.4 Å². The largest absolute Gasteiger partial charge is 0.496 e. The number of ether oxygens (including phenoxy) is 1. The molecule has 6 heteroatoms. The molecule has 0 saturated carbocycles. The number of Topliss-reactive ketones (excluding diaryl/α,β-unsaturated/α-hetero) is 1. The molecule has 1 aliphatic heterocycles. The lowest BCUT2D eigenvalue weighted by atomic mass is 9.86. The Hall–Kier alpha value is -3.41. The zero-order chi connectivity index (χ0) is 25.5. The second-order valence-electron chi connectivity index (χ2n) is 9.55. The molecule has 2 aromatic carbocycles. The molecule has 6 nitrogen and oxygen atoms in total. The SMILES string of the molecule is CCCCNC(=O)N1CCC(c2cc3c(Cc4ccccc4)c(C(=O)CC)cnc3cc2OC)CC1. The van der Waals surface area contributed by atoms with Crippen LogP contribution in [0.5, 0.6) is 5.75 Å². The summed E-state index contributed by atoms with van der Waals surface area (Å²) >= 11 is 0. The molecule has 36 heavy (non-hydrogen) atoms. The molecule has 0 atom stereocenters. The van der Waals surface area contributed by atoms with Crippen LogP contribution < -0.4 is 10.1 Å². The van der Waals surface area contributed by atoms with Gasteiger partial charge in [-0.3, -0.25) is 9.78 Å². The van der Waals surface area contributed by atoms with E-state index in [4.69, 9.17) is 4.74 Å². The molecule has 1 saturated heterocycles. The summed E-state index contributed by atoms with van der Waals surface area (Å²) in [6.45, 7) is 6.17. The van der Waals surface area contributed by atoms with Crippen molar-refractivity contribution in [3.05, 3.63) is 70.9 Å². The average molecular weight is 488 g/mol. The number of amides is 2. The number of likely N-dealkylation sites (tertiary alicyclic amines) is 1. The van der Waals surface area contributed by atoms with E-state index in [-0.39, 0.29) is 17.7 Å². The molecule has 0 radical (unpaired) electrons. The number of unbranched alkanes of at least 4 members (excludes halogenated alkanes) is 1. The normalized spacial score (nSPS) is 14.1. The van der Waals surface area contributed by atoms with E-state index in [1.165, 1.54) is 0 Å². The Morgan fingerprint density at radius 1 is 1.11 bits per heavy atom. The van der Waals surface area contributed by atoms with Gasteiger partial charge in [0.1, 0.15) is 5.75 Å². The van der Waals surface area contributed by atoms with Crippen LogP contribution in [0.1, 0.15) is 78.9 Å². The van der Waals surface area contributed by atoms with Gasteiger partial charge in [-0.05, 0) is 54.4 Å². The number of nitrogens with one attached hydrogen (secondary N) is 1. The van der Waals surface area contributed by atoms with Crippen molar-refractivity contribution in [2.24, 2.45) is 0 Å². The molecule has 2 heterocycles. The number of benzene rings is 2. The number of urea groups is 1. The van der Waals surface area contributed by atoms with Crippen LogP contribution in [0.2, 0.25) is 0 Å². The van der Waals surface area contributed by atoms with E-state index >= 15 is 0 Å². The van der Waals surface area contributed by atoms with Gasteiger partial charge < -0.3 is 15.0 Å². The first-order valence-electron chi connectivity index (χ1n) is 13.1. The molecule has 190 valence electrons. The molecule has 0 unspecified atom stereocenters. The fourth-order valence-electron chi connectivity index (χ4n) is 5.09. The van der Waals surface area contributed by atoms with E-state index in [1.54, 1.807) is 13.3 Å². The number of pyridine rings is 1. The average Bonchev–Trinajstić information content (AvgIpc) is 2.92. The third kappa shape index (κ3) is 5.69. The van der Waals surface area contributed by atoms with Gasteiger partial charge >= 0.3 is 6.03 Å². The van der Waals surface area contributed by atoms with Gasteiger partial charge in [-0.1, -0.05) is 50.6 Å². The Bertz CT molecular complexity index is 1200. The summed E-state index contributed by atoms with van der Waals surface area (Å²) in [4.78, 5) is 31.9. The van der Waals surface area contributed by atoms with Crippen LogP contribution in [0.4, 0.5) is 4.79 Å². The highest BCUT2D eigenvalue weighted by atomic mass is 16.5. The van der Waals surface area contributed by atoms with Gasteiger partial charge in [-0.15, -0.1) is 0 Å². The summed E-state index contributed by atoms with van der Waals surface area (Å²) in [5.74, 6) is 1.20. The molecule has 0 aliphatic carbocycles. The first-order chi connectivity index (χ1) is 17.5. The number of aromatic nitrogens is 1. The Morgan fingerprint density at radius 3 is 2.53 bits per heavy atom. The number of carbonyl (C=O) groups is 2. The van der Waals surface area contributed by atoms with Crippen LogP contribution in [-0.4, -0.2) is 48.4 Å². The first kappa shape index (κ1) is 25.7. The minimum absolute atomic E-state index is 0.0319. The van der Waals surface area contributed by atoms with Crippen LogP contribution >= 0.6 is 0 Å². The minimum atomic E-state index is 0.0319. The molecule has 1 fully saturated rings. The van der Waals surface area contributed by atoms with Crippen molar-refractivity contribution < 1.29 is 14.3 Å². The van der Waals surface area contributed by atoms with Gasteiger partial charge in [0.2, 0.25) is 0 Å². The molecular formula is C30H37N3O3. The van der Waals surface area contributed by atoms with Gasteiger partial charge in [-0.25, -0.2) is 4.79 Å². The maximum atomic E-state index is 12.9. The van der Waals surface area contributed by atoms with Gasteiger partial charge in [-0.2, -0.15) is 0 Å². The highest BCUT2D eigenvalue weighted by Crippen LogP contribution is 2.38. The number of nitrogens with zero attached hydrogens (tertiary/aromatic N) is 2. The van der Waals surface area contributed by atoms with Crippen molar-refractivity contribution in [1.82, 2.24) is 15.2 Å². The number of carbonyl (C=O) groups excluding carboxylic acids is 2. The second kappa shape index (κ2) is 12.0. The number of fused-ring (bicyclic) bond motifs is 1. The Labute approximate surface area is 214 Å². The number of hydrogen-bond donors (Lipinski definition) is 1. The van der Waals surface area contributed by atoms with Crippen LogP contribution in [0.3, 0.4) is 0 Å². The van der Waals surface area contributed by atoms with Gasteiger partial charge in [0.15, 0.2) is 5.78 Å². The minimum Gasteiger partial charge on any atom is -0.496 e. The van der Waals surface area contributed by atoms with Crippen molar-refractivity contribution in [2.45, 2.75) is 58.3 Å². The Morgan fingerprint density at radius 2 is 1.86 bits per heavy atom. The fraction of sp³-hybridized carbons (Fsp3) is 0.433. The zero-order valence-corrected chi connectivity index (χ0v) is 21.7. The number of ketones is 1. The van der Waals surface area contributed by atoms with E-state index < -0.39 is 0 Å². The lowest BCUT2D eigenvalue weighted by molar-refractivity contribution is 0.0987. The van der Waals surface area contributed by atoms with E-state index in [9.17, 15) is 9.59 Å². The van der Waals surface area contributed by atoms with Crippen molar-refractivity contribution >= 4 is 22.7 Å². The Balaban J connectivity index is 1.67. The maximum Gasteiger partial charge on any atom is 0.317 e. The Kier molecular flexibility index (Phi) is 8.57. The molecule has 0 spiro atoms. The fourth-order valence-corrected chi connectivity index (χ4v) is 5.09. The summed E-state index contributed by atoms with van der Waals surface area (Å²) in [6.07, 6.45) is 6.65. The number of hydrogen-bond acceptors (Lipinski definition) is 4. The summed E-state index contributed by atoms with van der Waals surface area (Å²) in [5.41, 5.74) is 4.85. The lowest BCUT2D eigenvalue weighted by Gasteiger charge is -2.33. The van der Waals surface area contributed by atoms with Crippen molar-refractivity contribution in [3.63, 3.8) is 0 Å². The van der Waals surface area contributed by atoms with Crippen molar-refractivity contribution in [3.8, 4) is 5.75 Å². The second-order valence-corrected chi connectivity index (χ2v) is 9.55. The zero-order valence-electron chi connectivity index (χ0n) is 21.7. The first-order valence-corrected chi connectivity index (χ1v) is 13.1. The van der Waals surface area contributed by atoms with Crippen molar-refractivity contribution in [1.29, 1.82) is 0 Å². The third-order valence-electron chi connectivity index (χ3n) is 7.20. The molecule has 4 rings (SSSR count). The van der Waals surface area contributed by atoms with E-state index in [0.717, 1.165) is 65.6 Å². The topological polar surface area (TPSA) is 71.5 Å². The maximum absolute atomic E-state index is 12.9.